The molecule has 1 fully saturated rings. The largest absolute Gasteiger partial charge is 0.381 e. The predicted molar refractivity (Wildman–Crippen MR) is 68.2 cm³/mol. The van der Waals surface area contributed by atoms with Crippen LogP contribution in [0, 0.1) is 23.7 Å². The number of rotatable bonds is 3. The van der Waals surface area contributed by atoms with Crippen LogP contribution < -0.4 is 5.32 Å². The number of aromatic nitrogens is 1. The molecule has 0 spiro atoms. The number of nitriles is 1. The van der Waals surface area contributed by atoms with Gasteiger partial charge in [0.05, 0.1) is 11.8 Å². The summed E-state index contributed by atoms with van der Waals surface area (Å²) in [6.45, 7) is 6.23. The maximum Gasteiger partial charge on any atom is 0.127 e. The zero-order chi connectivity index (χ0) is 12.6. The highest BCUT2D eigenvalue weighted by molar-refractivity contribution is 7.10. The summed E-state index contributed by atoms with van der Waals surface area (Å²) in [6.07, 6.45) is 1.27. The van der Waals surface area contributed by atoms with E-state index in [0.717, 1.165) is 17.1 Å². The molecular weight excluding hydrogens is 234 g/mol. The second kappa shape index (κ2) is 4.28. The second-order valence-corrected chi connectivity index (χ2v) is 5.84. The molecule has 2 atom stereocenters. The third kappa shape index (κ3) is 1.92. The quantitative estimate of drug-likeness (QED) is 0.897. The first-order chi connectivity index (χ1) is 8.00. The van der Waals surface area contributed by atoms with E-state index in [-0.39, 0.29) is 5.41 Å². The lowest BCUT2D eigenvalue weighted by Crippen LogP contribution is -2.57. The van der Waals surface area contributed by atoms with Crippen molar-refractivity contribution in [1.29, 1.82) is 5.26 Å². The zero-order valence-electron chi connectivity index (χ0n) is 10.6. The van der Waals surface area contributed by atoms with E-state index in [1.54, 1.807) is 7.11 Å². The minimum Gasteiger partial charge on any atom is -0.381 e. The van der Waals surface area contributed by atoms with Gasteiger partial charge in [-0.15, -0.1) is 0 Å². The van der Waals surface area contributed by atoms with Crippen LogP contribution in [-0.2, 0) is 4.74 Å². The maximum atomic E-state index is 9.07. The molecule has 0 aromatic carbocycles. The summed E-state index contributed by atoms with van der Waals surface area (Å²) < 4.78 is 9.63. The summed E-state index contributed by atoms with van der Waals surface area (Å²) in [4.78, 5) is 0. The Morgan fingerprint density at radius 3 is 2.82 bits per heavy atom. The van der Waals surface area contributed by atoms with Crippen LogP contribution >= 0.6 is 11.5 Å². The van der Waals surface area contributed by atoms with E-state index in [2.05, 4.69) is 29.6 Å². The maximum absolute atomic E-state index is 9.07. The van der Waals surface area contributed by atoms with Crippen molar-refractivity contribution in [2.24, 2.45) is 5.41 Å². The number of nitrogens with one attached hydrogen (secondary N) is 1. The normalized spacial score (nSPS) is 26.1. The number of methoxy groups -OCH3 is 1. The van der Waals surface area contributed by atoms with Gasteiger partial charge in [0, 0.05) is 18.6 Å². The van der Waals surface area contributed by atoms with E-state index in [0.29, 0.717) is 17.7 Å². The summed E-state index contributed by atoms with van der Waals surface area (Å²) in [7, 11) is 1.75. The molecule has 0 bridgehead atoms. The average molecular weight is 251 g/mol. The minimum absolute atomic E-state index is 0.0966. The van der Waals surface area contributed by atoms with Gasteiger partial charge in [0.2, 0.25) is 0 Å². The summed E-state index contributed by atoms with van der Waals surface area (Å²) in [5.74, 6) is 0. The molecule has 1 N–H and O–H groups in total. The third-order valence-electron chi connectivity index (χ3n) is 3.74. The van der Waals surface area contributed by atoms with Crippen molar-refractivity contribution in [2.45, 2.75) is 39.3 Å². The van der Waals surface area contributed by atoms with Gasteiger partial charge in [-0.2, -0.15) is 9.64 Å². The molecule has 1 aliphatic rings. The summed E-state index contributed by atoms with van der Waals surface area (Å²) >= 11 is 1.36. The molecule has 0 radical (unpaired) electrons. The fourth-order valence-corrected chi connectivity index (χ4v) is 3.09. The van der Waals surface area contributed by atoms with Gasteiger partial charge in [0.1, 0.15) is 16.6 Å². The molecule has 4 nitrogen and oxygen atoms in total. The molecule has 1 aliphatic carbocycles. The number of nitrogens with zero attached hydrogens (tertiary/aromatic N) is 2. The fourth-order valence-electron chi connectivity index (χ4n) is 2.29. The van der Waals surface area contributed by atoms with Crippen molar-refractivity contribution < 1.29 is 4.74 Å². The average Bonchev–Trinajstić information content (AvgIpc) is 2.64. The van der Waals surface area contributed by atoms with Gasteiger partial charge in [0.25, 0.3) is 0 Å². The first-order valence-electron chi connectivity index (χ1n) is 5.66. The molecule has 17 heavy (non-hydrogen) atoms. The Hall–Kier alpha value is -1.12. The molecule has 1 aromatic heterocycles. The third-order valence-corrected chi connectivity index (χ3v) is 4.61. The van der Waals surface area contributed by atoms with Crippen LogP contribution in [0.2, 0.25) is 0 Å². The second-order valence-electron chi connectivity index (χ2n) is 5.06. The highest BCUT2D eigenvalue weighted by atomic mass is 32.1. The molecule has 2 rings (SSSR count). The zero-order valence-corrected chi connectivity index (χ0v) is 11.4. The molecular formula is C12H17N3OS. The minimum atomic E-state index is 0.0966. The van der Waals surface area contributed by atoms with Crippen LogP contribution in [0.25, 0.3) is 0 Å². The van der Waals surface area contributed by atoms with Crippen LogP contribution in [0.15, 0.2) is 0 Å². The molecule has 1 heterocycles. The first-order valence-corrected chi connectivity index (χ1v) is 6.43. The SMILES string of the molecule is COC1CC(Nc2snc(C)c2C#N)C1(C)C. The standard InChI is InChI=1S/C12H17N3OS/c1-7-8(6-13)11(17-15-7)14-9-5-10(16-4)12(9,2)3/h9-10,14H,5H2,1-4H3. The Morgan fingerprint density at radius 1 is 1.59 bits per heavy atom. The Bertz CT molecular complexity index is 461. The molecule has 0 aliphatic heterocycles. The molecule has 1 saturated carbocycles. The molecule has 0 saturated heterocycles. The monoisotopic (exact) mass is 251 g/mol. The number of hydrogen-bond acceptors (Lipinski definition) is 5. The van der Waals surface area contributed by atoms with Crippen molar-refractivity contribution in [1.82, 2.24) is 4.37 Å². The summed E-state index contributed by atoms with van der Waals surface area (Å²) in [5.41, 5.74) is 1.58. The van der Waals surface area contributed by atoms with E-state index in [1.165, 1.54) is 11.5 Å². The van der Waals surface area contributed by atoms with Crippen LogP contribution in [0.4, 0.5) is 5.00 Å². The van der Waals surface area contributed by atoms with Gasteiger partial charge in [-0.1, -0.05) is 13.8 Å². The Balaban J connectivity index is 2.11. The van der Waals surface area contributed by atoms with E-state index < -0.39 is 0 Å². The van der Waals surface area contributed by atoms with Crippen molar-refractivity contribution in [2.75, 3.05) is 12.4 Å². The lowest BCUT2D eigenvalue weighted by molar-refractivity contribution is -0.0793. The first kappa shape index (κ1) is 12.3. The Kier molecular flexibility index (Phi) is 3.11. The van der Waals surface area contributed by atoms with Gasteiger partial charge in [-0.05, 0) is 24.9 Å². The Morgan fingerprint density at radius 2 is 2.29 bits per heavy atom. The van der Waals surface area contributed by atoms with E-state index in [1.807, 2.05) is 6.92 Å². The van der Waals surface area contributed by atoms with E-state index >= 15 is 0 Å². The lowest BCUT2D eigenvalue weighted by atomic mass is 9.64. The molecule has 1 aromatic rings. The highest BCUT2D eigenvalue weighted by Gasteiger charge is 2.48. The smallest absolute Gasteiger partial charge is 0.127 e. The topological polar surface area (TPSA) is 57.9 Å². The van der Waals surface area contributed by atoms with Gasteiger partial charge in [0.15, 0.2) is 0 Å². The predicted octanol–water partition coefficient (Wildman–Crippen LogP) is 2.55. The van der Waals surface area contributed by atoms with Gasteiger partial charge < -0.3 is 10.1 Å². The highest BCUT2D eigenvalue weighted by Crippen LogP contribution is 2.44. The molecule has 0 amide bonds. The van der Waals surface area contributed by atoms with Crippen LogP contribution in [0.1, 0.15) is 31.5 Å². The van der Waals surface area contributed by atoms with Gasteiger partial charge in [-0.3, -0.25) is 0 Å². The van der Waals surface area contributed by atoms with Crippen LogP contribution in [0.5, 0.6) is 0 Å². The van der Waals surface area contributed by atoms with Crippen molar-refractivity contribution in [3.63, 3.8) is 0 Å². The number of anilines is 1. The van der Waals surface area contributed by atoms with E-state index in [9.17, 15) is 0 Å². The molecule has 92 valence electrons. The number of aryl methyl sites for hydroxylation is 1. The van der Waals surface area contributed by atoms with E-state index in [4.69, 9.17) is 10.00 Å². The fraction of sp³-hybridized carbons (Fsp3) is 0.667. The number of ether oxygens (including phenoxy) is 1. The van der Waals surface area contributed by atoms with Gasteiger partial charge >= 0.3 is 0 Å². The summed E-state index contributed by atoms with van der Waals surface area (Å²) in [5, 5.41) is 13.4. The van der Waals surface area contributed by atoms with Crippen molar-refractivity contribution in [3.05, 3.63) is 11.3 Å². The van der Waals surface area contributed by atoms with Crippen molar-refractivity contribution in [3.8, 4) is 6.07 Å². The van der Waals surface area contributed by atoms with Gasteiger partial charge in [-0.25, -0.2) is 0 Å². The van der Waals surface area contributed by atoms with Crippen molar-refractivity contribution >= 4 is 16.5 Å². The number of hydrogen-bond donors (Lipinski definition) is 1. The van der Waals surface area contributed by atoms with Crippen LogP contribution in [0.3, 0.4) is 0 Å². The summed E-state index contributed by atoms with van der Waals surface area (Å²) in [6, 6.07) is 2.55. The lowest BCUT2D eigenvalue weighted by Gasteiger charge is -2.51. The Labute approximate surface area is 106 Å². The molecule has 5 heteroatoms. The molecule has 2 unspecified atom stereocenters. The van der Waals surface area contributed by atoms with Crippen LogP contribution in [-0.4, -0.2) is 23.6 Å².